The Kier molecular flexibility index (Phi) is 12.2. The molecule has 8 N–H and O–H groups in total. The van der Waals surface area contributed by atoms with E-state index in [9.17, 15) is 40.9 Å². The molecule has 5 aliphatic heterocycles. The molecule has 0 aromatic heterocycles. The molecule has 5 saturated heterocycles. The molecule has 0 unspecified atom stereocenters. The quantitative estimate of drug-likeness (QED) is 0.169. The van der Waals surface area contributed by atoms with Crippen LogP contribution in [0.5, 0.6) is 0 Å². The second kappa shape index (κ2) is 16.5. The molecule has 0 bridgehead atoms. The third-order valence-electron chi connectivity index (χ3n) is 18.0. The van der Waals surface area contributed by atoms with E-state index in [1.807, 2.05) is 0 Å². The Hall–Kier alpha value is -0.860. The van der Waals surface area contributed by atoms with Gasteiger partial charge in [-0.1, -0.05) is 39.3 Å². The van der Waals surface area contributed by atoms with Crippen LogP contribution in [0.4, 0.5) is 0 Å². The monoisotopic (exact) mass is 852 g/mol. The molecule has 5 heterocycles. The molecule has 26 atom stereocenters. The molecule has 0 aromatic rings. The Balaban J connectivity index is 0.927. The van der Waals surface area contributed by atoms with Crippen molar-refractivity contribution in [3.63, 3.8) is 0 Å². The molecular weight excluding hydrogens is 778 g/mol. The number of nitrogens with zero attached hydrogens (tertiary/aromatic N) is 1. The number of hydrogen-bond donors (Lipinski definition) is 8. The summed E-state index contributed by atoms with van der Waals surface area (Å²) >= 11 is 0. The molecule has 0 aromatic carbocycles. The summed E-state index contributed by atoms with van der Waals surface area (Å²) in [5.74, 6) is 4.26. The number of fused-ring (bicyclic) bond motifs is 9. The summed E-state index contributed by atoms with van der Waals surface area (Å²) in [6.07, 6.45) is -9.14. The van der Waals surface area contributed by atoms with Crippen molar-refractivity contribution in [1.82, 2.24) is 4.90 Å². The van der Waals surface area contributed by atoms with Crippen molar-refractivity contribution in [2.24, 2.45) is 46.3 Å². The molecule has 60 heavy (non-hydrogen) atoms. The van der Waals surface area contributed by atoms with Crippen LogP contribution in [0.3, 0.4) is 0 Å². The first kappa shape index (κ1) is 44.3. The van der Waals surface area contributed by atoms with E-state index in [0.717, 1.165) is 43.1 Å². The number of allylic oxidation sites excluding steroid dienone is 1. The number of piperidine rings is 1. The van der Waals surface area contributed by atoms with E-state index in [0.29, 0.717) is 35.6 Å². The molecular formula is C45H73NO14. The van der Waals surface area contributed by atoms with Gasteiger partial charge in [-0.25, -0.2) is 0 Å². The Morgan fingerprint density at radius 1 is 0.683 bits per heavy atom. The van der Waals surface area contributed by atoms with Gasteiger partial charge in [0.25, 0.3) is 0 Å². The molecule has 4 aliphatic carbocycles. The van der Waals surface area contributed by atoms with Gasteiger partial charge in [-0.2, -0.15) is 0 Å². The summed E-state index contributed by atoms with van der Waals surface area (Å²) in [7, 11) is 0. The van der Waals surface area contributed by atoms with Gasteiger partial charge in [0, 0.05) is 18.6 Å². The zero-order chi connectivity index (χ0) is 42.7. The van der Waals surface area contributed by atoms with Gasteiger partial charge in [-0.3, -0.25) is 4.90 Å². The standard InChI is InChI=1S/C45H73NO14/c1-19-7-10-28-20(2)31-29(46(28)17-19)16-27-25-9-8-23-15-24(11-13-44(23,5)26(25)12-14-45(27,31)6)57-43-40(60-42-37(53)35(51)33(49)22(4)56-42)38(54)39(30(18-47)58-43)59-41-36(52)34(50)32(48)21(3)55-41/h8,19-22,24-43,47-54H,7,9-18H2,1-6H3/t19-,20+,21-,22-,24-,25+,26-,27-,28+,29-,30+,31-,32-,33-,34+,35+,36+,37+,38-,39+,40+,41-,42-,43+,44+,45+/m0/s1. The van der Waals surface area contributed by atoms with E-state index >= 15 is 0 Å². The van der Waals surface area contributed by atoms with Crippen molar-refractivity contribution in [3.8, 4) is 0 Å². The van der Waals surface area contributed by atoms with Crippen molar-refractivity contribution >= 4 is 0 Å². The third-order valence-corrected chi connectivity index (χ3v) is 18.0. The predicted octanol–water partition coefficient (Wildman–Crippen LogP) is 1.18. The van der Waals surface area contributed by atoms with Crippen LogP contribution >= 0.6 is 0 Å². The highest BCUT2D eigenvalue weighted by molar-refractivity contribution is 5.27. The van der Waals surface area contributed by atoms with E-state index in [1.165, 1.54) is 58.1 Å². The van der Waals surface area contributed by atoms with Crippen LogP contribution in [0.1, 0.15) is 99.3 Å². The van der Waals surface area contributed by atoms with Gasteiger partial charge < -0.3 is 69.3 Å². The van der Waals surface area contributed by atoms with Crippen molar-refractivity contribution < 1.29 is 69.3 Å². The number of ether oxygens (including phenoxy) is 6. The summed E-state index contributed by atoms with van der Waals surface area (Å²) in [6.45, 7) is 13.7. The van der Waals surface area contributed by atoms with E-state index in [4.69, 9.17) is 28.4 Å². The molecule has 0 radical (unpaired) electrons. The largest absolute Gasteiger partial charge is 0.394 e. The maximum Gasteiger partial charge on any atom is 0.187 e. The summed E-state index contributed by atoms with van der Waals surface area (Å²) in [4.78, 5) is 2.95. The van der Waals surface area contributed by atoms with Gasteiger partial charge in [-0.05, 0) is 118 Å². The maximum atomic E-state index is 12.0. The Morgan fingerprint density at radius 2 is 1.33 bits per heavy atom. The van der Waals surface area contributed by atoms with Crippen molar-refractivity contribution in [2.75, 3.05) is 13.2 Å². The van der Waals surface area contributed by atoms with Gasteiger partial charge in [0.1, 0.15) is 61.0 Å². The molecule has 8 fully saturated rings. The highest BCUT2D eigenvalue weighted by Gasteiger charge is 2.66. The fraction of sp³-hybridized carbons (Fsp3) is 0.956. The van der Waals surface area contributed by atoms with Crippen LogP contribution < -0.4 is 0 Å². The van der Waals surface area contributed by atoms with Crippen LogP contribution in [0.25, 0.3) is 0 Å². The van der Waals surface area contributed by atoms with Crippen LogP contribution in [0, 0.1) is 46.3 Å². The van der Waals surface area contributed by atoms with Crippen LogP contribution in [-0.2, 0) is 28.4 Å². The van der Waals surface area contributed by atoms with Crippen LogP contribution in [0.15, 0.2) is 11.6 Å². The molecule has 0 spiro atoms. The summed E-state index contributed by atoms with van der Waals surface area (Å²) in [6, 6.07) is 1.45. The summed E-state index contributed by atoms with van der Waals surface area (Å²) in [5, 5.41) is 85.9. The van der Waals surface area contributed by atoms with Gasteiger partial charge in [-0.15, -0.1) is 0 Å². The van der Waals surface area contributed by atoms with Crippen molar-refractivity contribution in [3.05, 3.63) is 11.6 Å². The fourth-order valence-electron chi connectivity index (χ4n) is 14.7. The first-order chi connectivity index (χ1) is 28.5. The predicted molar refractivity (Wildman–Crippen MR) is 214 cm³/mol. The van der Waals surface area contributed by atoms with Gasteiger partial charge in [0.15, 0.2) is 18.9 Å². The zero-order valence-corrected chi connectivity index (χ0v) is 36.2. The lowest BCUT2D eigenvalue weighted by Crippen LogP contribution is -2.66. The lowest BCUT2D eigenvalue weighted by atomic mass is 9.47. The molecule has 15 nitrogen and oxygen atoms in total. The average Bonchev–Trinajstić information content (AvgIpc) is 3.69. The minimum absolute atomic E-state index is 0.0360. The first-order valence-corrected chi connectivity index (χ1v) is 23.2. The lowest BCUT2D eigenvalue weighted by molar-refractivity contribution is -0.388. The average molecular weight is 852 g/mol. The normalized spacial score (nSPS) is 58.1. The Labute approximate surface area is 354 Å². The van der Waals surface area contributed by atoms with E-state index < -0.39 is 98.7 Å². The molecule has 9 aliphatic rings. The van der Waals surface area contributed by atoms with E-state index in [-0.39, 0.29) is 11.5 Å². The molecule has 9 rings (SSSR count). The second-order valence-electron chi connectivity index (χ2n) is 21.2. The van der Waals surface area contributed by atoms with Crippen molar-refractivity contribution in [2.45, 2.75) is 210 Å². The third kappa shape index (κ3) is 7.11. The fourth-order valence-corrected chi connectivity index (χ4v) is 14.7. The van der Waals surface area contributed by atoms with Gasteiger partial charge in [0.05, 0.1) is 24.9 Å². The Bertz CT molecular complexity index is 1570. The van der Waals surface area contributed by atoms with Crippen LogP contribution in [0.2, 0.25) is 0 Å². The lowest BCUT2D eigenvalue weighted by Gasteiger charge is -2.58. The molecule has 3 saturated carbocycles. The number of aliphatic hydroxyl groups excluding tert-OH is 8. The van der Waals surface area contributed by atoms with E-state index in [1.54, 1.807) is 0 Å². The second-order valence-corrected chi connectivity index (χ2v) is 21.2. The van der Waals surface area contributed by atoms with Gasteiger partial charge in [0.2, 0.25) is 0 Å². The van der Waals surface area contributed by atoms with Crippen molar-refractivity contribution in [1.29, 1.82) is 0 Å². The Morgan fingerprint density at radius 3 is 1.98 bits per heavy atom. The molecule has 15 heteroatoms. The summed E-state index contributed by atoms with van der Waals surface area (Å²) < 4.78 is 36.7. The molecule has 342 valence electrons. The topological polar surface area (TPSA) is 220 Å². The smallest absolute Gasteiger partial charge is 0.187 e. The number of rotatable bonds is 7. The van der Waals surface area contributed by atoms with Crippen LogP contribution in [-0.4, -0.2) is 169 Å². The number of aliphatic hydroxyl groups is 8. The first-order valence-electron chi connectivity index (χ1n) is 23.2. The zero-order valence-electron chi connectivity index (χ0n) is 36.2. The van der Waals surface area contributed by atoms with E-state index in [2.05, 4.69) is 38.7 Å². The van der Waals surface area contributed by atoms with Gasteiger partial charge >= 0.3 is 0 Å². The minimum Gasteiger partial charge on any atom is -0.394 e. The molecule has 0 amide bonds. The number of hydrogen-bond acceptors (Lipinski definition) is 15. The maximum absolute atomic E-state index is 12.0. The highest BCUT2D eigenvalue weighted by Crippen LogP contribution is 2.70. The summed E-state index contributed by atoms with van der Waals surface area (Å²) in [5.41, 5.74) is 1.80. The highest BCUT2D eigenvalue weighted by atomic mass is 16.8. The SMILES string of the molecule is C[C@H]1CC[C@@H]2[C@@H](C)[C@H]3[C@H](C[C@H]4[C@@H]5CC=C6C[C@@H](O[C@@H]7O[C@H](CO)[C@@H](O[C@@H]8O[C@@H](C)[C@H](O)[C@@H](O)[C@H]8O)[C@H](O)[C@H]7O[C@@H]7O[C@@H](C)[C@H](O)[C@@H](O)[C@H]7O)CC[C@@]6(C)[C@H]5CC[C@@]34C)N2C1. The minimum atomic E-state index is -1.70.